The van der Waals surface area contributed by atoms with Gasteiger partial charge in [0.2, 0.25) is 9.84 Å². The van der Waals surface area contributed by atoms with E-state index in [0.717, 1.165) is 0 Å². The van der Waals surface area contributed by atoms with Crippen LogP contribution in [0.4, 0.5) is 0 Å². The zero-order chi connectivity index (χ0) is 11.5. The third kappa shape index (κ3) is 2.13. The third-order valence-corrected chi connectivity index (χ3v) is 3.24. The Labute approximate surface area is 85.4 Å². The first kappa shape index (κ1) is 11.2. The molecule has 1 aromatic rings. The number of benzene rings is 1. The summed E-state index contributed by atoms with van der Waals surface area (Å²) in [6.07, 6.45) is 0. The van der Waals surface area contributed by atoms with Gasteiger partial charge in [-0.25, -0.2) is 13.2 Å². The molecule has 7 heteroatoms. The van der Waals surface area contributed by atoms with Crippen LogP contribution < -0.4 is 0 Å². The van der Waals surface area contributed by atoms with Crippen LogP contribution in [0.15, 0.2) is 40.4 Å². The molecular weight excluding hydrogens is 222 g/mol. The lowest BCUT2D eigenvalue weighted by Crippen LogP contribution is -2.24. The highest BCUT2D eigenvalue weighted by Gasteiger charge is 2.29. The van der Waals surface area contributed by atoms with E-state index in [-0.39, 0.29) is 4.90 Å². The maximum absolute atomic E-state index is 11.5. The zero-order valence-electron chi connectivity index (χ0n) is 7.36. The molecule has 0 saturated carbocycles. The highest BCUT2D eigenvalue weighted by atomic mass is 32.2. The number of sulfone groups is 1. The largest absolute Gasteiger partial charge is 0.476 e. The number of carboxylic acids is 1. The molecule has 0 heterocycles. The molecule has 0 aromatic heterocycles. The Morgan fingerprint density at radius 3 is 2.13 bits per heavy atom. The Bertz CT molecular complexity index is 491. The highest BCUT2D eigenvalue weighted by Crippen LogP contribution is 2.11. The number of carboxylic acid groups (broad SMARTS) is 1. The minimum Gasteiger partial charge on any atom is -0.476 e. The van der Waals surface area contributed by atoms with Gasteiger partial charge in [-0.15, -0.1) is 0 Å². The van der Waals surface area contributed by atoms with Crippen LogP contribution in [-0.2, 0) is 14.6 Å². The first-order valence-electron chi connectivity index (χ1n) is 3.75. The number of carbonyl (C=O) groups is 1. The molecule has 0 fully saturated rings. The number of nitrogens with zero attached hydrogens (tertiary/aromatic N) is 1. The van der Waals surface area contributed by atoms with E-state index in [1.807, 2.05) is 0 Å². The van der Waals surface area contributed by atoms with E-state index in [4.69, 9.17) is 10.3 Å². The molecule has 2 N–H and O–H groups in total. The van der Waals surface area contributed by atoms with E-state index in [1.165, 1.54) is 24.3 Å². The zero-order valence-corrected chi connectivity index (χ0v) is 8.18. The molecule has 0 aliphatic heterocycles. The Kier molecular flexibility index (Phi) is 3.05. The van der Waals surface area contributed by atoms with Crippen LogP contribution in [0.3, 0.4) is 0 Å². The Morgan fingerprint density at radius 2 is 1.73 bits per heavy atom. The summed E-state index contributed by atoms with van der Waals surface area (Å²) in [5.41, 5.74) is 0. The molecular formula is C8H7NO5S. The fourth-order valence-electron chi connectivity index (χ4n) is 0.923. The first-order chi connectivity index (χ1) is 7.00. The van der Waals surface area contributed by atoms with E-state index >= 15 is 0 Å². The van der Waals surface area contributed by atoms with E-state index in [2.05, 4.69) is 5.16 Å². The lowest BCUT2D eigenvalue weighted by atomic mass is 10.4. The number of rotatable bonds is 1. The van der Waals surface area contributed by atoms with Gasteiger partial charge in [0.25, 0.3) is 5.04 Å². The smallest absolute Gasteiger partial charge is 0.370 e. The van der Waals surface area contributed by atoms with E-state index < -0.39 is 20.9 Å². The third-order valence-electron chi connectivity index (χ3n) is 1.58. The summed E-state index contributed by atoms with van der Waals surface area (Å²) in [5, 5.41) is 17.8. The predicted molar refractivity (Wildman–Crippen MR) is 50.5 cm³/mol. The Hall–Kier alpha value is -1.89. The molecule has 6 nitrogen and oxygen atoms in total. The molecule has 0 saturated heterocycles. The molecule has 0 amide bonds. The van der Waals surface area contributed by atoms with Crippen molar-refractivity contribution in [2.75, 3.05) is 0 Å². The fraction of sp³-hybridized carbons (Fsp3) is 0. The number of aliphatic carboxylic acids is 1. The van der Waals surface area contributed by atoms with Crippen molar-refractivity contribution in [2.24, 2.45) is 5.16 Å². The van der Waals surface area contributed by atoms with Gasteiger partial charge < -0.3 is 10.3 Å². The van der Waals surface area contributed by atoms with Gasteiger partial charge >= 0.3 is 5.97 Å². The summed E-state index contributed by atoms with van der Waals surface area (Å²) in [7, 11) is -4.25. The molecule has 0 atom stereocenters. The second-order valence-corrected chi connectivity index (χ2v) is 4.39. The Balaban J connectivity index is 3.32. The van der Waals surface area contributed by atoms with Crippen LogP contribution >= 0.6 is 0 Å². The van der Waals surface area contributed by atoms with Crippen molar-refractivity contribution in [1.29, 1.82) is 0 Å². The quantitative estimate of drug-likeness (QED) is 0.312. The second-order valence-electron chi connectivity index (χ2n) is 2.53. The van der Waals surface area contributed by atoms with Crippen molar-refractivity contribution < 1.29 is 23.5 Å². The molecule has 0 spiro atoms. The predicted octanol–water partition coefficient (Wildman–Crippen LogP) is 0.333. The summed E-state index contributed by atoms with van der Waals surface area (Å²) < 4.78 is 23.1. The van der Waals surface area contributed by atoms with Gasteiger partial charge in [0, 0.05) is 0 Å². The monoisotopic (exact) mass is 229 g/mol. The van der Waals surface area contributed by atoms with Crippen LogP contribution in [-0.4, -0.2) is 29.7 Å². The average Bonchev–Trinajstić information content (AvgIpc) is 2.19. The summed E-state index contributed by atoms with van der Waals surface area (Å²) in [4.78, 5) is 10.2. The topological polar surface area (TPSA) is 104 Å². The van der Waals surface area contributed by atoms with E-state index in [1.54, 1.807) is 6.07 Å². The molecule has 1 rings (SSSR count). The van der Waals surface area contributed by atoms with Crippen molar-refractivity contribution in [3.63, 3.8) is 0 Å². The van der Waals surface area contributed by atoms with Crippen molar-refractivity contribution >= 4 is 20.9 Å². The van der Waals surface area contributed by atoms with Gasteiger partial charge in [-0.05, 0) is 12.1 Å². The molecule has 1 aromatic carbocycles. The van der Waals surface area contributed by atoms with Gasteiger partial charge in [-0.3, -0.25) is 0 Å². The molecule has 0 radical (unpaired) electrons. The van der Waals surface area contributed by atoms with Gasteiger partial charge in [-0.1, -0.05) is 23.4 Å². The first-order valence-corrected chi connectivity index (χ1v) is 5.24. The normalized spacial score (nSPS) is 12.4. The number of hydrogen-bond acceptors (Lipinski definition) is 5. The van der Waals surface area contributed by atoms with Crippen molar-refractivity contribution in [3.05, 3.63) is 30.3 Å². The molecule has 0 bridgehead atoms. The number of oxime groups is 1. The van der Waals surface area contributed by atoms with Gasteiger partial charge in [0.1, 0.15) is 0 Å². The molecule has 0 aliphatic carbocycles. The van der Waals surface area contributed by atoms with Gasteiger partial charge in [0.05, 0.1) is 4.90 Å². The van der Waals surface area contributed by atoms with E-state index in [0.29, 0.717) is 0 Å². The molecule has 15 heavy (non-hydrogen) atoms. The molecule has 0 unspecified atom stereocenters. The SMILES string of the molecule is O=C(O)/C(=N\O)S(=O)(=O)c1ccccc1. The maximum atomic E-state index is 11.5. The lowest BCUT2D eigenvalue weighted by Gasteiger charge is -2.01. The van der Waals surface area contributed by atoms with Crippen molar-refractivity contribution in [2.45, 2.75) is 4.90 Å². The van der Waals surface area contributed by atoms with E-state index in [9.17, 15) is 13.2 Å². The standard InChI is InChI=1S/C8H7NO5S/c10-8(11)7(9-12)15(13,14)6-4-2-1-3-5-6/h1-5,12H,(H,10,11)/b9-7+. The maximum Gasteiger partial charge on any atom is 0.370 e. The number of hydrogen-bond donors (Lipinski definition) is 2. The average molecular weight is 229 g/mol. The minimum atomic E-state index is -4.25. The van der Waals surface area contributed by atoms with Crippen molar-refractivity contribution in [1.82, 2.24) is 0 Å². The van der Waals surface area contributed by atoms with Gasteiger partial charge in [0.15, 0.2) is 0 Å². The summed E-state index contributed by atoms with van der Waals surface area (Å²) >= 11 is 0. The highest BCUT2D eigenvalue weighted by molar-refractivity contribution is 8.08. The minimum absolute atomic E-state index is 0.236. The summed E-state index contributed by atoms with van der Waals surface area (Å²) in [6, 6.07) is 6.87. The fourth-order valence-corrected chi connectivity index (χ4v) is 2.00. The summed E-state index contributed by atoms with van der Waals surface area (Å²) in [6.45, 7) is 0. The Morgan fingerprint density at radius 1 is 1.20 bits per heavy atom. The van der Waals surface area contributed by atoms with Crippen LogP contribution in [0.5, 0.6) is 0 Å². The van der Waals surface area contributed by atoms with Crippen LogP contribution in [0, 0.1) is 0 Å². The van der Waals surface area contributed by atoms with Crippen molar-refractivity contribution in [3.8, 4) is 0 Å². The molecule has 0 aliphatic rings. The summed E-state index contributed by atoms with van der Waals surface area (Å²) in [5.74, 6) is -1.80. The molecule has 80 valence electrons. The lowest BCUT2D eigenvalue weighted by molar-refractivity contribution is -0.129. The van der Waals surface area contributed by atoms with Crippen LogP contribution in [0.2, 0.25) is 0 Å². The van der Waals surface area contributed by atoms with Crippen LogP contribution in [0.25, 0.3) is 0 Å². The van der Waals surface area contributed by atoms with Crippen LogP contribution in [0.1, 0.15) is 0 Å². The second kappa shape index (κ2) is 4.09. The van der Waals surface area contributed by atoms with Gasteiger partial charge in [-0.2, -0.15) is 0 Å².